The van der Waals surface area contributed by atoms with E-state index in [-0.39, 0.29) is 24.0 Å². The van der Waals surface area contributed by atoms with Crippen LogP contribution in [0.15, 0.2) is 41.0 Å². The van der Waals surface area contributed by atoms with Crippen molar-refractivity contribution in [2.24, 2.45) is 4.99 Å². The number of aromatic nitrogens is 2. The average molecular weight is 547 g/mol. The van der Waals surface area contributed by atoms with Gasteiger partial charge >= 0.3 is 0 Å². The second-order valence-electron chi connectivity index (χ2n) is 6.64. The number of hydrogen-bond acceptors (Lipinski definition) is 5. The molecule has 0 spiro atoms. The largest absolute Gasteiger partial charge is 0.495 e. The van der Waals surface area contributed by atoms with Gasteiger partial charge in [-0.25, -0.2) is 4.98 Å². The minimum Gasteiger partial charge on any atom is -0.495 e. The summed E-state index contributed by atoms with van der Waals surface area (Å²) in [5.74, 6) is 1.62. The summed E-state index contributed by atoms with van der Waals surface area (Å²) in [6.07, 6.45) is 5.06. The fourth-order valence-electron chi connectivity index (χ4n) is 3.43. The summed E-state index contributed by atoms with van der Waals surface area (Å²) in [6.45, 7) is 2.42. The summed E-state index contributed by atoms with van der Waals surface area (Å²) >= 11 is 7.81. The molecule has 1 atom stereocenters. The number of imidazole rings is 1. The number of fused-ring (bicyclic) bond motifs is 1. The highest BCUT2D eigenvalue weighted by molar-refractivity contribution is 14.0. The van der Waals surface area contributed by atoms with Gasteiger partial charge in [0.1, 0.15) is 5.75 Å². The van der Waals surface area contributed by atoms with Crippen LogP contribution >= 0.6 is 46.9 Å². The van der Waals surface area contributed by atoms with Crippen molar-refractivity contribution in [3.05, 3.63) is 46.7 Å². The van der Waals surface area contributed by atoms with Crippen LogP contribution < -0.4 is 20.3 Å². The number of methoxy groups -OCH3 is 1. The fraction of sp³-hybridized carbons (Fsp3) is 0.368. The van der Waals surface area contributed by atoms with Gasteiger partial charge in [0.05, 0.1) is 25.0 Å². The quantitative estimate of drug-likeness (QED) is 0.291. The van der Waals surface area contributed by atoms with Crippen molar-refractivity contribution >= 4 is 63.5 Å². The Hall–Kier alpha value is -1.72. The van der Waals surface area contributed by atoms with Gasteiger partial charge in [0, 0.05) is 49.0 Å². The van der Waals surface area contributed by atoms with Gasteiger partial charge in [0.2, 0.25) is 0 Å². The van der Waals surface area contributed by atoms with Crippen LogP contribution in [0, 0.1) is 0 Å². The smallest absolute Gasteiger partial charge is 0.193 e. The molecule has 0 radical (unpaired) electrons. The van der Waals surface area contributed by atoms with E-state index in [1.165, 1.54) is 0 Å². The molecule has 1 unspecified atom stereocenters. The SMILES string of the molecule is CN=C(NCc1cn2ccsc2n1)NC1CCN(c2cc(Cl)ccc2OC)C1.I. The Bertz CT molecular complexity index is 962. The van der Waals surface area contributed by atoms with E-state index < -0.39 is 0 Å². The summed E-state index contributed by atoms with van der Waals surface area (Å²) in [6, 6.07) is 6.01. The van der Waals surface area contributed by atoms with Crippen molar-refractivity contribution in [3.8, 4) is 5.75 Å². The zero-order valence-electron chi connectivity index (χ0n) is 16.3. The molecule has 3 heterocycles. The van der Waals surface area contributed by atoms with E-state index in [0.29, 0.717) is 17.6 Å². The molecule has 1 fully saturated rings. The highest BCUT2D eigenvalue weighted by Crippen LogP contribution is 2.33. The maximum absolute atomic E-state index is 6.18. The molecule has 1 aliphatic rings. The third kappa shape index (κ3) is 5.07. The Morgan fingerprint density at radius 1 is 1.45 bits per heavy atom. The molecule has 0 amide bonds. The lowest BCUT2D eigenvalue weighted by Gasteiger charge is -2.22. The number of aliphatic imine (C=N–C) groups is 1. The second kappa shape index (κ2) is 9.86. The highest BCUT2D eigenvalue weighted by atomic mass is 127. The zero-order chi connectivity index (χ0) is 19.5. The van der Waals surface area contributed by atoms with Gasteiger partial charge in [-0.1, -0.05) is 11.6 Å². The number of guanidine groups is 1. The van der Waals surface area contributed by atoms with Gasteiger partial charge in [-0.15, -0.1) is 35.3 Å². The van der Waals surface area contributed by atoms with Crippen molar-refractivity contribution in [1.29, 1.82) is 0 Å². The van der Waals surface area contributed by atoms with E-state index in [9.17, 15) is 0 Å². The van der Waals surface area contributed by atoms with Crippen LogP contribution in [0.4, 0.5) is 5.69 Å². The van der Waals surface area contributed by atoms with Crippen LogP contribution in [0.3, 0.4) is 0 Å². The second-order valence-corrected chi connectivity index (χ2v) is 7.95. The maximum Gasteiger partial charge on any atom is 0.193 e. The standard InChI is InChI=1S/C19H23ClN6OS.HI/c1-21-18(22-10-15-12-26-7-8-28-19(26)24-15)23-14-5-6-25(11-14)16-9-13(20)3-4-17(16)27-2;/h3-4,7-9,12,14H,5-6,10-11H2,1-2H3,(H2,21,22,23);1H. The molecule has 4 rings (SSSR count). The molecule has 0 aliphatic carbocycles. The molecule has 2 N–H and O–H groups in total. The predicted molar refractivity (Wildman–Crippen MR) is 130 cm³/mol. The Morgan fingerprint density at radius 3 is 3.07 bits per heavy atom. The Balaban J connectivity index is 0.00000240. The van der Waals surface area contributed by atoms with Gasteiger partial charge in [-0.2, -0.15) is 0 Å². The number of hydrogen-bond donors (Lipinski definition) is 2. The molecule has 0 saturated carbocycles. The average Bonchev–Trinajstić information content (AvgIpc) is 3.41. The molecule has 1 aliphatic heterocycles. The molecule has 2 aromatic heterocycles. The first-order valence-corrected chi connectivity index (χ1v) is 10.4. The van der Waals surface area contributed by atoms with Gasteiger partial charge in [-0.3, -0.25) is 9.39 Å². The zero-order valence-corrected chi connectivity index (χ0v) is 20.2. The van der Waals surface area contributed by atoms with E-state index in [1.54, 1.807) is 25.5 Å². The maximum atomic E-state index is 6.18. The number of thiazole rings is 1. The monoisotopic (exact) mass is 546 g/mol. The van der Waals surface area contributed by atoms with Crippen LogP contribution in [0.5, 0.6) is 5.75 Å². The number of ether oxygens (including phenoxy) is 1. The van der Waals surface area contributed by atoms with Crippen molar-refractivity contribution < 1.29 is 4.74 Å². The topological polar surface area (TPSA) is 66.2 Å². The number of benzene rings is 1. The molecule has 29 heavy (non-hydrogen) atoms. The Morgan fingerprint density at radius 2 is 2.31 bits per heavy atom. The molecular weight excluding hydrogens is 523 g/mol. The molecule has 10 heteroatoms. The van der Waals surface area contributed by atoms with Gasteiger partial charge in [-0.05, 0) is 24.6 Å². The van der Waals surface area contributed by atoms with E-state index in [1.807, 2.05) is 40.4 Å². The molecule has 1 aromatic carbocycles. The molecule has 156 valence electrons. The third-order valence-corrected chi connectivity index (χ3v) is 5.82. The van der Waals surface area contributed by atoms with Crippen molar-refractivity contribution in [1.82, 2.24) is 20.0 Å². The lowest BCUT2D eigenvalue weighted by Crippen LogP contribution is -2.44. The first-order chi connectivity index (χ1) is 13.7. The fourth-order valence-corrected chi connectivity index (χ4v) is 4.32. The number of halogens is 2. The summed E-state index contributed by atoms with van der Waals surface area (Å²) in [4.78, 5) is 12.2. The summed E-state index contributed by atoms with van der Waals surface area (Å²) in [5, 5.41) is 9.60. The predicted octanol–water partition coefficient (Wildman–Crippen LogP) is 3.62. The molecular formula is C19H24ClIN6OS. The minimum atomic E-state index is 0. The first kappa shape index (κ1) is 22.0. The summed E-state index contributed by atoms with van der Waals surface area (Å²) in [5.41, 5.74) is 2.02. The van der Waals surface area contributed by atoms with Crippen LogP contribution in [-0.4, -0.2) is 48.6 Å². The molecule has 7 nitrogen and oxygen atoms in total. The van der Waals surface area contributed by atoms with Crippen LogP contribution in [0.1, 0.15) is 12.1 Å². The first-order valence-electron chi connectivity index (χ1n) is 9.13. The third-order valence-electron chi connectivity index (χ3n) is 4.81. The normalized spacial score (nSPS) is 16.7. The minimum absolute atomic E-state index is 0. The van der Waals surface area contributed by atoms with Crippen molar-refractivity contribution in [2.75, 3.05) is 32.1 Å². The number of rotatable bonds is 5. The van der Waals surface area contributed by atoms with E-state index in [0.717, 1.165) is 47.6 Å². The summed E-state index contributed by atoms with van der Waals surface area (Å²) in [7, 11) is 3.47. The van der Waals surface area contributed by atoms with Crippen LogP contribution in [-0.2, 0) is 6.54 Å². The van der Waals surface area contributed by atoms with E-state index >= 15 is 0 Å². The summed E-state index contributed by atoms with van der Waals surface area (Å²) < 4.78 is 7.52. The molecule has 0 bridgehead atoms. The van der Waals surface area contributed by atoms with Gasteiger partial charge in [0.25, 0.3) is 0 Å². The molecule has 3 aromatic rings. The highest BCUT2D eigenvalue weighted by Gasteiger charge is 2.25. The Labute approximate surface area is 196 Å². The van der Waals surface area contributed by atoms with Crippen molar-refractivity contribution in [2.45, 2.75) is 19.0 Å². The number of nitrogens with zero attached hydrogens (tertiary/aromatic N) is 4. The van der Waals surface area contributed by atoms with Gasteiger partial charge < -0.3 is 20.3 Å². The van der Waals surface area contributed by atoms with E-state index in [4.69, 9.17) is 16.3 Å². The van der Waals surface area contributed by atoms with Crippen LogP contribution in [0.25, 0.3) is 4.96 Å². The van der Waals surface area contributed by atoms with E-state index in [2.05, 4.69) is 25.5 Å². The van der Waals surface area contributed by atoms with Crippen molar-refractivity contribution in [3.63, 3.8) is 0 Å². The lowest BCUT2D eigenvalue weighted by atomic mass is 10.2. The number of nitrogens with one attached hydrogen (secondary N) is 2. The van der Waals surface area contributed by atoms with Gasteiger partial charge in [0.15, 0.2) is 10.9 Å². The van der Waals surface area contributed by atoms with Crippen LogP contribution in [0.2, 0.25) is 5.02 Å². The molecule has 1 saturated heterocycles. The Kier molecular flexibility index (Phi) is 7.47. The lowest BCUT2D eigenvalue weighted by molar-refractivity contribution is 0.415. The number of anilines is 1.